The van der Waals surface area contributed by atoms with Gasteiger partial charge in [0.2, 0.25) is 0 Å². The first-order valence-electron chi connectivity index (χ1n) is 9.23. The monoisotopic (exact) mass is 358 g/mol. The van der Waals surface area contributed by atoms with Crippen LogP contribution in [0.5, 0.6) is 0 Å². The van der Waals surface area contributed by atoms with Crippen molar-refractivity contribution >= 4 is 5.91 Å². The molecular formula is C20H27FN4O. The number of likely N-dealkylation sites (tertiary alicyclic amines) is 1. The molecule has 0 radical (unpaired) electrons. The summed E-state index contributed by atoms with van der Waals surface area (Å²) in [6, 6.07) is 8.61. The van der Waals surface area contributed by atoms with Crippen LogP contribution in [0.15, 0.2) is 36.5 Å². The van der Waals surface area contributed by atoms with Gasteiger partial charge < -0.3 is 9.80 Å². The van der Waals surface area contributed by atoms with Crippen LogP contribution in [0, 0.1) is 11.7 Å². The third-order valence-electron chi connectivity index (χ3n) is 5.23. The van der Waals surface area contributed by atoms with Crippen molar-refractivity contribution in [1.29, 1.82) is 0 Å². The lowest BCUT2D eigenvalue weighted by molar-refractivity contribution is 0.0729. The maximum atomic E-state index is 13.2. The molecule has 0 N–H and O–H groups in total. The van der Waals surface area contributed by atoms with Gasteiger partial charge in [-0.1, -0.05) is 12.1 Å². The summed E-state index contributed by atoms with van der Waals surface area (Å²) >= 11 is 0. The first-order valence-corrected chi connectivity index (χ1v) is 9.23. The number of benzene rings is 1. The van der Waals surface area contributed by atoms with E-state index in [9.17, 15) is 9.18 Å². The minimum Gasteiger partial charge on any atom is -0.340 e. The molecule has 0 atom stereocenters. The smallest absolute Gasteiger partial charge is 0.271 e. The maximum Gasteiger partial charge on any atom is 0.271 e. The zero-order chi connectivity index (χ0) is 18.5. The maximum absolute atomic E-state index is 13.2. The third kappa shape index (κ3) is 4.69. The van der Waals surface area contributed by atoms with Gasteiger partial charge in [-0.3, -0.25) is 9.48 Å². The second-order valence-corrected chi connectivity index (χ2v) is 7.19. The number of piperidine rings is 1. The van der Waals surface area contributed by atoms with E-state index in [1.165, 1.54) is 6.07 Å². The molecule has 2 heterocycles. The molecule has 2 aromatic rings. The number of hydrogen-bond acceptors (Lipinski definition) is 3. The minimum absolute atomic E-state index is 0.0264. The summed E-state index contributed by atoms with van der Waals surface area (Å²) in [7, 11) is 3.66. The van der Waals surface area contributed by atoms with Crippen LogP contribution in [-0.4, -0.2) is 58.7 Å². The molecule has 0 spiro atoms. The molecule has 1 aliphatic rings. The number of hydrogen-bond donors (Lipinski definition) is 0. The highest BCUT2D eigenvalue weighted by Crippen LogP contribution is 2.19. The van der Waals surface area contributed by atoms with Gasteiger partial charge in [0.15, 0.2) is 0 Å². The molecule has 3 rings (SSSR count). The average Bonchev–Trinajstić information content (AvgIpc) is 3.06. The lowest BCUT2D eigenvalue weighted by Crippen LogP contribution is -2.40. The topological polar surface area (TPSA) is 41.4 Å². The van der Waals surface area contributed by atoms with Crippen LogP contribution in [0.25, 0.3) is 0 Å². The van der Waals surface area contributed by atoms with Gasteiger partial charge in [0.05, 0.1) is 0 Å². The first kappa shape index (κ1) is 18.6. The van der Waals surface area contributed by atoms with Crippen molar-refractivity contribution in [3.63, 3.8) is 0 Å². The zero-order valence-electron chi connectivity index (χ0n) is 15.6. The zero-order valence-corrected chi connectivity index (χ0v) is 15.6. The molecule has 0 aliphatic carbocycles. The summed E-state index contributed by atoms with van der Waals surface area (Å²) in [4.78, 5) is 16.7. The predicted molar refractivity (Wildman–Crippen MR) is 99.4 cm³/mol. The van der Waals surface area contributed by atoms with E-state index < -0.39 is 0 Å². The van der Waals surface area contributed by atoms with Crippen molar-refractivity contribution in [3.8, 4) is 0 Å². The number of rotatable bonds is 6. The molecule has 140 valence electrons. The molecule has 0 bridgehead atoms. The van der Waals surface area contributed by atoms with Crippen LogP contribution in [-0.2, 0) is 13.5 Å². The lowest BCUT2D eigenvalue weighted by atomic mass is 9.96. The Morgan fingerprint density at radius 3 is 2.73 bits per heavy atom. The molecule has 1 amide bonds. The summed E-state index contributed by atoms with van der Waals surface area (Å²) in [5.41, 5.74) is 1.67. The molecule has 5 nitrogen and oxygen atoms in total. The van der Waals surface area contributed by atoms with E-state index in [4.69, 9.17) is 0 Å². The van der Waals surface area contributed by atoms with E-state index in [1.807, 2.05) is 18.0 Å². The van der Waals surface area contributed by atoms with Gasteiger partial charge in [-0.05, 0) is 62.0 Å². The first-order chi connectivity index (χ1) is 12.5. The Labute approximate surface area is 154 Å². The summed E-state index contributed by atoms with van der Waals surface area (Å²) in [5, 5.41) is 4.07. The van der Waals surface area contributed by atoms with Crippen molar-refractivity contribution in [2.75, 3.05) is 33.2 Å². The van der Waals surface area contributed by atoms with E-state index in [0.29, 0.717) is 11.6 Å². The second-order valence-electron chi connectivity index (χ2n) is 7.19. The number of aromatic nitrogens is 2. The highest BCUT2D eigenvalue weighted by molar-refractivity contribution is 5.92. The number of carbonyl (C=O) groups is 1. The van der Waals surface area contributed by atoms with Crippen LogP contribution < -0.4 is 0 Å². The molecule has 6 heteroatoms. The van der Waals surface area contributed by atoms with Crippen molar-refractivity contribution in [1.82, 2.24) is 19.6 Å². The fourth-order valence-corrected chi connectivity index (χ4v) is 3.62. The number of aryl methyl sites for hydroxylation is 1. The Bertz CT molecular complexity index is 737. The Balaban J connectivity index is 1.42. The summed E-state index contributed by atoms with van der Waals surface area (Å²) < 4.78 is 14.9. The number of halogens is 1. The SMILES string of the molecule is CN(CC1CCN(CCc2cccc(F)c2)CC1)C(=O)c1ccnn1C. The van der Waals surface area contributed by atoms with Crippen molar-refractivity contribution in [3.05, 3.63) is 53.6 Å². The van der Waals surface area contributed by atoms with Crippen molar-refractivity contribution in [2.24, 2.45) is 13.0 Å². The normalized spacial score (nSPS) is 16.0. The highest BCUT2D eigenvalue weighted by Gasteiger charge is 2.23. The molecular weight excluding hydrogens is 331 g/mol. The Morgan fingerprint density at radius 1 is 1.31 bits per heavy atom. The second kappa shape index (κ2) is 8.45. The van der Waals surface area contributed by atoms with Gasteiger partial charge in [-0.2, -0.15) is 5.10 Å². The van der Waals surface area contributed by atoms with Crippen LogP contribution in [0.1, 0.15) is 28.9 Å². The van der Waals surface area contributed by atoms with E-state index in [-0.39, 0.29) is 11.7 Å². The van der Waals surface area contributed by atoms with Gasteiger partial charge in [0.25, 0.3) is 5.91 Å². The highest BCUT2D eigenvalue weighted by atomic mass is 19.1. The molecule has 1 fully saturated rings. The van der Waals surface area contributed by atoms with Crippen LogP contribution in [0.4, 0.5) is 4.39 Å². The van der Waals surface area contributed by atoms with Gasteiger partial charge in [0.1, 0.15) is 11.5 Å². The summed E-state index contributed by atoms with van der Waals surface area (Å²) in [5.74, 6) is 0.392. The fraction of sp³-hybridized carbons (Fsp3) is 0.500. The molecule has 0 saturated carbocycles. The van der Waals surface area contributed by atoms with Gasteiger partial charge in [-0.15, -0.1) is 0 Å². The van der Waals surface area contributed by atoms with Gasteiger partial charge >= 0.3 is 0 Å². The lowest BCUT2D eigenvalue weighted by Gasteiger charge is -2.33. The number of amides is 1. The largest absolute Gasteiger partial charge is 0.340 e. The third-order valence-corrected chi connectivity index (χ3v) is 5.23. The van der Waals surface area contributed by atoms with E-state index in [1.54, 1.807) is 36.1 Å². The van der Waals surface area contributed by atoms with Crippen LogP contribution in [0.2, 0.25) is 0 Å². The molecule has 1 aromatic carbocycles. The van der Waals surface area contributed by atoms with Crippen LogP contribution >= 0.6 is 0 Å². The van der Waals surface area contributed by atoms with Gasteiger partial charge in [-0.25, -0.2) is 4.39 Å². The van der Waals surface area contributed by atoms with Crippen molar-refractivity contribution in [2.45, 2.75) is 19.3 Å². The molecule has 1 saturated heterocycles. The van der Waals surface area contributed by atoms with Crippen molar-refractivity contribution < 1.29 is 9.18 Å². The van der Waals surface area contributed by atoms with Gasteiger partial charge in [0, 0.05) is 33.4 Å². The van der Waals surface area contributed by atoms with E-state index in [2.05, 4.69) is 10.00 Å². The summed E-state index contributed by atoms with van der Waals surface area (Å²) in [6.07, 6.45) is 4.71. The molecule has 1 aromatic heterocycles. The molecule has 26 heavy (non-hydrogen) atoms. The quantitative estimate of drug-likeness (QED) is 0.797. The predicted octanol–water partition coefficient (Wildman–Crippen LogP) is 2.59. The molecule has 0 unspecified atom stereocenters. The summed E-state index contributed by atoms with van der Waals surface area (Å²) in [6.45, 7) is 3.81. The Kier molecular flexibility index (Phi) is 6.04. The fourth-order valence-electron chi connectivity index (χ4n) is 3.62. The Hall–Kier alpha value is -2.21. The minimum atomic E-state index is -0.165. The molecule has 1 aliphatic heterocycles. The van der Waals surface area contributed by atoms with E-state index in [0.717, 1.165) is 51.0 Å². The Morgan fingerprint density at radius 2 is 2.08 bits per heavy atom. The van der Waals surface area contributed by atoms with E-state index >= 15 is 0 Å². The number of nitrogens with zero attached hydrogens (tertiary/aromatic N) is 4. The average molecular weight is 358 g/mol. The van der Waals surface area contributed by atoms with Crippen LogP contribution in [0.3, 0.4) is 0 Å². The standard InChI is InChI=1S/C20H27FN4O/c1-23(20(26)19-6-10-22-24(19)2)15-17-8-12-25(13-9-17)11-7-16-4-3-5-18(21)14-16/h3-6,10,14,17H,7-9,11-13,15H2,1-2H3. The number of carbonyl (C=O) groups excluding carboxylic acids is 1.